The van der Waals surface area contributed by atoms with Crippen LogP contribution in [0, 0.1) is 0 Å². The standard InChI is InChI=1S/C28H27N3O3/c1-4-19-9-5-7-11-24(19)30-27(32)18-31(2)28(33)23-17-26(20-13-15-21(34-3)16-14-20)29-25-12-8-6-10-22(23)25/h5-17H,4,18H2,1-3H3,(H,30,32). The van der Waals surface area contributed by atoms with Gasteiger partial charge in [0, 0.05) is 23.7 Å². The lowest BCUT2D eigenvalue weighted by molar-refractivity contribution is -0.116. The number of nitrogens with one attached hydrogen (secondary N) is 1. The zero-order chi connectivity index (χ0) is 24.1. The van der Waals surface area contributed by atoms with Gasteiger partial charge in [0.1, 0.15) is 5.75 Å². The highest BCUT2D eigenvalue weighted by Crippen LogP contribution is 2.27. The lowest BCUT2D eigenvalue weighted by Gasteiger charge is -2.19. The number of likely N-dealkylation sites (N-methyl/N-ethyl adjacent to an activating group) is 1. The fourth-order valence-corrected chi connectivity index (χ4v) is 3.90. The minimum Gasteiger partial charge on any atom is -0.497 e. The molecule has 2 amide bonds. The van der Waals surface area contributed by atoms with Crippen molar-refractivity contribution in [1.82, 2.24) is 9.88 Å². The molecule has 1 heterocycles. The molecule has 3 aromatic carbocycles. The van der Waals surface area contributed by atoms with Crippen LogP contribution < -0.4 is 10.1 Å². The first-order valence-electron chi connectivity index (χ1n) is 11.2. The number of amides is 2. The maximum Gasteiger partial charge on any atom is 0.254 e. The number of hydrogen-bond donors (Lipinski definition) is 1. The Morgan fingerprint density at radius 2 is 1.68 bits per heavy atom. The summed E-state index contributed by atoms with van der Waals surface area (Å²) >= 11 is 0. The van der Waals surface area contributed by atoms with Gasteiger partial charge in [0.25, 0.3) is 5.91 Å². The van der Waals surface area contributed by atoms with E-state index < -0.39 is 0 Å². The molecule has 1 aromatic heterocycles. The summed E-state index contributed by atoms with van der Waals surface area (Å²) in [6, 6.07) is 24.5. The van der Waals surface area contributed by atoms with Crippen molar-refractivity contribution in [2.75, 3.05) is 26.0 Å². The van der Waals surface area contributed by atoms with Crippen LogP contribution in [0.2, 0.25) is 0 Å². The summed E-state index contributed by atoms with van der Waals surface area (Å²) in [7, 11) is 3.25. The Bertz CT molecular complexity index is 1330. The van der Waals surface area contributed by atoms with Crippen molar-refractivity contribution in [3.8, 4) is 17.0 Å². The number of carbonyl (C=O) groups is 2. The smallest absolute Gasteiger partial charge is 0.254 e. The van der Waals surface area contributed by atoms with Gasteiger partial charge in [0.15, 0.2) is 0 Å². The number of fused-ring (bicyclic) bond motifs is 1. The third-order valence-corrected chi connectivity index (χ3v) is 5.73. The Balaban J connectivity index is 1.61. The summed E-state index contributed by atoms with van der Waals surface area (Å²) in [4.78, 5) is 32.3. The number of carbonyl (C=O) groups excluding carboxylic acids is 2. The molecule has 0 radical (unpaired) electrons. The SMILES string of the molecule is CCc1ccccc1NC(=O)CN(C)C(=O)c1cc(-c2ccc(OC)cc2)nc2ccccc12. The molecule has 0 saturated heterocycles. The number of aryl methyl sites for hydroxylation is 1. The molecule has 0 aliphatic heterocycles. The van der Waals surface area contributed by atoms with Crippen LogP contribution in [0.3, 0.4) is 0 Å². The largest absolute Gasteiger partial charge is 0.497 e. The van der Waals surface area contributed by atoms with E-state index in [-0.39, 0.29) is 18.4 Å². The molecule has 4 aromatic rings. The van der Waals surface area contributed by atoms with E-state index in [9.17, 15) is 9.59 Å². The normalized spacial score (nSPS) is 10.7. The predicted molar refractivity (Wildman–Crippen MR) is 135 cm³/mol. The van der Waals surface area contributed by atoms with Gasteiger partial charge in [-0.05, 0) is 54.4 Å². The first-order chi connectivity index (χ1) is 16.5. The van der Waals surface area contributed by atoms with E-state index in [2.05, 4.69) is 5.32 Å². The van der Waals surface area contributed by atoms with Gasteiger partial charge in [0.2, 0.25) is 5.91 Å². The lowest BCUT2D eigenvalue weighted by Crippen LogP contribution is -2.35. The van der Waals surface area contributed by atoms with Crippen molar-refractivity contribution >= 4 is 28.4 Å². The fourth-order valence-electron chi connectivity index (χ4n) is 3.90. The molecule has 0 aliphatic rings. The van der Waals surface area contributed by atoms with Gasteiger partial charge in [-0.2, -0.15) is 0 Å². The maximum absolute atomic E-state index is 13.5. The highest BCUT2D eigenvalue weighted by molar-refractivity contribution is 6.08. The second kappa shape index (κ2) is 10.2. The highest BCUT2D eigenvalue weighted by atomic mass is 16.5. The van der Waals surface area contributed by atoms with Crippen molar-refractivity contribution in [3.63, 3.8) is 0 Å². The van der Waals surface area contributed by atoms with Crippen LogP contribution in [0.5, 0.6) is 5.75 Å². The second-order valence-electron chi connectivity index (χ2n) is 8.02. The number of hydrogen-bond acceptors (Lipinski definition) is 4. The van der Waals surface area contributed by atoms with Crippen LogP contribution in [-0.2, 0) is 11.2 Å². The molecule has 4 rings (SSSR count). The predicted octanol–water partition coefficient (Wildman–Crippen LogP) is 5.18. The molecule has 0 aliphatic carbocycles. The van der Waals surface area contributed by atoms with Gasteiger partial charge in [-0.15, -0.1) is 0 Å². The van der Waals surface area contributed by atoms with Crippen molar-refractivity contribution in [2.24, 2.45) is 0 Å². The number of pyridine rings is 1. The van der Waals surface area contributed by atoms with Crippen LogP contribution in [0.25, 0.3) is 22.2 Å². The summed E-state index contributed by atoms with van der Waals surface area (Å²) in [6.07, 6.45) is 0.808. The molecular weight excluding hydrogens is 426 g/mol. The van der Waals surface area contributed by atoms with E-state index in [0.29, 0.717) is 16.8 Å². The molecule has 6 heteroatoms. The quantitative estimate of drug-likeness (QED) is 0.418. The monoisotopic (exact) mass is 453 g/mol. The summed E-state index contributed by atoms with van der Waals surface area (Å²) in [5, 5.41) is 3.67. The Morgan fingerprint density at radius 3 is 2.41 bits per heavy atom. The maximum atomic E-state index is 13.5. The molecule has 1 N–H and O–H groups in total. The van der Waals surface area contributed by atoms with Gasteiger partial charge in [0.05, 0.1) is 30.4 Å². The van der Waals surface area contributed by atoms with E-state index in [1.54, 1.807) is 20.2 Å². The Kier molecular flexibility index (Phi) is 6.87. The summed E-state index contributed by atoms with van der Waals surface area (Å²) in [5.41, 5.74) is 4.59. The van der Waals surface area contributed by atoms with Crippen LogP contribution in [0.1, 0.15) is 22.8 Å². The first kappa shape index (κ1) is 23.0. The molecule has 0 bridgehead atoms. The molecular formula is C28H27N3O3. The number of anilines is 1. The first-order valence-corrected chi connectivity index (χ1v) is 11.2. The van der Waals surface area contributed by atoms with Gasteiger partial charge in [-0.25, -0.2) is 4.98 Å². The molecule has 0 spiro atoms. The molecule has 0 unspecified atom stereocenters. The number of para-hydroxylation sites is 2. The molecule has 0 atom stereocenters. The van der Waals surface area contributed by atoms with Gasteiger partial charge < -0.3 is 15.0 Å². The number of rotatable bonds is 7. The number of benzene rings is 3. The van der Waals surface area contributed by atoms with Crippen LogP contribution >= 0.6 is 0 Å². The van der Waals surface area contributed by atoms with Crippen molar-refractivity contribution in [3.05, 3.63) is 90.0 Å². The molecule has 34 heavy (non-hydrogen) atoms. The number of aromatic nitrogens is 1. The average molecular weight is 454 g/mol. The zero-order valence-corrected chi connectivity index (χ0v) is 19.5. The number of ether oxygens (including phenoxy) is 1. The van der Waals surface area contributed by atoms with E-state index in [0.717, 1.165) is 34.4 Å². The number of methoxy groups -OCH3 is 1. The zero-order valence-electron chi connectivity index (χ0n) is 19.5. The van der Waals surface area contributed by atoms with Crippen LogP contribution in [0.4, 0.5) is 5.69 Å². The van der Waals surface area contributed by atoms with Gasteiger partial charge in [-0.3, -0.25) is 9.59 Å². The van der Waals surface area contributed by atoms with E-state index >= 15 is 0 Å². The van der Waals surface area contributed by atoms with E-state index in [4.69, 9.17) is 9.72 Å². The van der Waals surface area contributed by atoms with Crippen LogP contribution in [0.15, 0.2) is 78.9 Å². The average Bonchev–Trinajstić information content (AvgIpc) is 2.87. The van der Waals surface area contributed by atoms with Crippen molar-refractivity contribution in [1.29, 1.82) is 0 Å². The van der Waals surface area contributed by atoms with E-state index in [1.807, 2.05) is 79.7 Å². The second-order valence-corrected chi connectivity index (χ2v) is 8.02. The van der Waals surface area contributed by atoms with Crippen molar-refractivity contribution in [2.45, 2.75) is 13.3 Å². The van der Waals surface area contributed by atoms with Gasteiger partial charge in [-0.1, -0.05) is 43.3 Å². The Hall–Kier alpha value is -4.19. The molecule has 6 nitrogen and oxygen atoms in total. The summed E-state index contributed by atoms with van der Waals surface area (Å²) < 4.78 is 5.24. The molecule has 172 valence electrons. The van der Waals surface area contributed by atoms with E-state index in [1.165, 1.54) is 4.90 Å². The molecule has 0 fully saturated rings. The fraction of sp³-hybridized carbons (Fsp3) is 0.179. The minimum absolute atomic E-state index is 0.0641. The van der Waals surface area contributed by atoms with Gasteiger partial charge >= 0.3 is 0 Å². The number of nitrogens with zero attached hydrogens (tertiary/aromatic N) is 2. The third-order valence-electron chi connectivity index (χ3n) is 5.73. The Morgan fingerprint density at radius 1 is 0.971 bits per heavy atom. The topological polar surface area (TPSA) is 71.5 Å². The summed E-state index contributed by atoms with van der Waals surface area (Å²) in [6.45, 7) is 1.97. The summed E-state index contributed by atoms with van der Waals surface area (Å²) in [5.74, 6) is 0.258. The molecule has 0 saturated carbocycles. The minimum atomic E-state index is -0.245. The Labute approximate surface area is 199 Å². The lowest BCUT2D eigenvalue weighted by atomic mass is 10.0. The highest BCUT2D eigenvalue weighted by Gasteiger charge is 2.20. The van der Waals surface area contributed by atoms with Crippen molar-refractivity contribution < 1.29 is 14.3 Å². The van der Waals surface area contributed by atoms with Crippen LogP contribution in [-0.4, -0.2) is 42.4 Å². The third kappa shape index (κ3) is 4.91.